The zero-order valence-electron chi connectivity index (χ0n) is 9.75. The summed E-state index contributed by atoms with van der Waals surface area (Å²) >= 11 is 0. The summed E-state index contributed by atoms with van der Waals surface area (Å²) in [6.07, 6.45) is 0. The molecule has 2 aromatic heterocycles. The molecule has 92 valence electrons. The van der Waals surface area contributed by atoms with Crippen LogP contribution in [0.5, 0.6) is 5.88 Å². The topological polar surface area (TPSA) is 62.8 Å². The Bertz CT molecular complexity index is 635. The molecule has 0 aromatic carbocycles. The number of aryl methyl sites for hydroxylation is 1. The second-order valence-electron chi connectivity index (χ2n) is 4.05. The molecule has 6 heteroatoms. The van der Waals surface area contributed by atoms with Gasteiger partial charge < -0.3 is 15.0 Å². The average molecular weight is 246 g/mol. The number of nitrogens with zero attached hydrogens (tertiary/aromatic N) is 2. The highest BCUT2D eigenvalue weighted by molar-refractivity contribution is 5.64. The summed E-state index contributed by atoms with van der Waals surface area (Å²) in [6, 6.07) is 3.46. The Hall–Kier alpha value is -2.37. The highest BCUT2D eigenvalue weighted by atomic mass is 19.1. The number of imidazole rings is 1. The molecule has 0 fully saturated rings. The van der Waals surface area contributed by atoms with Crippen LogP contribution in [0.2, 0.25) is 0 Å². The molecule has 0 saturated carbocycles. The molecule has 1 aliphatic heterocycles. The maximum Gasteiger partial charge on any atom is 0.238 e. The molecule has 1 aliphatic rings. The third kappa shape index (κ3) is 1.71. The van der Waals surface area contributed by atoms with Gasteiger partial charge >= 0.3 is 0 Å². The third-order valence-corrected chi connectivity index (χ3v) is 2.58. The first-order valence-electron chi connectivity index (χ1n) is 5.44. The lowest BCUT2D eigenvalue weighted by molar-refractivity contribution is 0.333. The second-order valence-corrected chi connectivity index (χ2v) is 4.05. The number of fused-ring (bicyclic) bond motifs is 1. The van der Waals surface area contributed by atoms with Crippen molar-refractivity contribution in [3.63, 3.8) is 0 Å². The van der Waals surface area contributed by atoms with E-state index in [9.17, 15) is 4.39 Å². The summed E-state index contributed by atoms with van der Waals surface area (Å²) in [5.74, 6) is 0.447. The van der Waals surface area contributed by atoms with Gasteiger partial charge in [0.05, 0.1) is 5.69 Å². The largest absolute Gasteiger partial charge is 0.470 e. The number of aromatic amines is 1. The molecule has 2 aromatic rings. The number of ether oxygens (including phenoxy) is 1. The van der Waals surface area contributed by atoms with Gasteiger partial charge in [-0.1, -0.05) is 6.58 Å². The number of H-pyrrole nitrogens is 1. The fraction of sp³-hybridized carbons (Fsp3) is 0.167. The van der Waals surface area contributed by atoms with Gasteiger partial charge in [-0.3, -0.25) is 0 Å². The predicted molar refractivity (Wildman–Crippen MR) is 64.8 cm³/mol. The van der Waals surface area contributed by atoms with Crippen LogP contribution in [0.3, 0.4) is 0 Å². The van der Waals surface area contributed by atoms with E-state index in [1.807, 2.05) is 0 Å². The summed E-state index contributed by atoms with van der Waals surface area (Å²) in [5.41, 5.74) is 2.12. The van der Waals surface area contributed by atoms with Crippen molar-refractivity contribution in [2.24, 2.45) is 0 Å². The number of halogens is 1. The minimum absolute atomic E-state index is 0.198. The van der Waals surface area contributed by atoms with Crippen molar-refractivity contribution in [2.75, 3.05) is 11.9 Å². The Morgan fingerprint density at radius 1 is 1.39 bits per heavy atom. The maximum absolute atomic E-state index is 13.6. The Labute approximate surface area is 103 Å². The fourth-order valence-corrected chi connectivity index (χ4v) is 1.79. The number of hydrogen-bond acceptors (Lipinski definition) is 4. The van der Waals surface area contributed by atoms with Crippen molar-refractivity contribution in [1.82, 2.24) is 15.0 Å². The van der Waals surface area contributed by atoms with E-state index >= 15 is 0 Å². The van der Waals surface area contributed by atoms with Crippen LogP contribution in [0.15, 0.2) is 24.4 Å². The molecule has 18 heavy (non-hydrogen) atoms. The SMILES string of the molecule is C=C1COc2nc(-c3nc(C)[nH]c3F)ccc2N1. The van der Waals surface area contributed by atoms with Crippen LogP contribution >= 0.6 is 0 Å². The number of rotatable bonds is 1. The van der Waals surface area contributed by atoms with E-state index in [4.69, 9.17) is 4.74 Å². The van der Waals surface area contributed by atoms with Gasteiger partial charge in [0, 0.05) is 5.70 Å². The molecule has 0 spiro atoms. The molecular formula is C12H11FN4O. The summed E-state index contributed by atoms with van der Waals surface area (Å²) < 4.78 is 19.0. The standard InChI is InChI=1S/C12H11FN4O/c1-6-5-18-12-9(14-6)4-3-8(17-12)10-11(13)16-7(2)15-10/h3-4,14H,1,5H2,2H3,(H,15,16). The van der Waals surface area contributed by atoms with Crippen LogP contribution < -0.4 is 10.1 Å². The highest BCUT2D eigenvalue weighted by Gasteiger charge is 2.17. The van der Waals surface area contributed by atoms with E-state index in [0.717, 1.165) is 11.4 Å². The number of nitrogens with one attached hydrogen (secondary N) is 2. The summed E-state index contributed by atoms with van der Waals surface area (Å²) in [6.45, 7) is 5.81. The van der Waals surface area contributed by atoms with Gasteiger partial charge in [-0.15, -0.1) is 0 Å². The van der Waals surface area contributed by atoms with Gasteiger partial charge in [-0.25, -0.2) is 9.97 Å². The van der Waals surface area contributed by atoms with Gasteiger partial charge in [-0.05, 0) is 19.1 Å². The Morgan fingerprint density at radius 2 is 2.22 bits per heavy atom. The van der Waals surface area contributed by atoms with E-state index in [-0.39, 0.29) is 5.69 Å². The molecule has 0 aliphatic carbocycles. The van der Waals surface area contributed by atoms with E-state index in [2.05, 4.69) is 26.8 Å². The van der Waals surface area contributed by atoms with Crippen LogP contribution in [0.25, 0.3) is 11.4 Å². The van der Waals surface area contributed by atoms with Crippen LogP contribution in [-0.2, 0) is 0 Å². The first-order valence-corrected chi connectivity index (χ1v) is 5.44. The first kappa shape index (κ1) is 10.8. The lowest BCUT2D eigenvalue weighted by Gasteiger charge is -2.19. The van der Waals surface area contributed by atoms with Gasteiger partial charge in [-0.2, -0.15) is 4.39 Å². The zero-order valence-corrected chi connectivity index (χ0v) is 9.75. The van der Waals surface area contributed by atoms with Crippen molar-refractivity contribution < 1.29 is 9.13 Å². The van der Waals surface area contributed by atoms with Crippen molar-refractivity contribution >= 4 is 5.69 Å². The summed E-state index contributed by atoms with van der Waals surface area (Å²) in [4.78, 5) is 10.8. The van der Waals surface area contributed by atoms with Crippen molar-refractivity contribution in [3.8, 4) is 17.3 Å². The highest BCUT2D eigenvalue weighted by Crippen LogP contribution is 2.30. The normalized spacial score (nSPS) is 13.8. The molecule has 0 amide bonds. The number of aromatic nitrogens is 3. The Kier molecular flexibility index (Phi) is 2.29. The van der Waals surface area contributed by atoms with Crippen molar-refractivity contribution in [2.45, 2.75) is 6.92 Å². The number of anilines is 1. The maximum atomic E-state index is 13.6. The molecule has 0 saturated heterocycles. The average Bonchev–Trinajstić information content (AvgIpc) is 2.68. The fourth-order valence-electron chi connectivity index (χ4n) is 1.79. The molecular weight excluding hydrogens is 235 g/mol. The van der Waals surface area contributed by atoms with E-state index in [1.165, 1.54) is 0 Å². The quantitative estimate of drug-likeness (QED) is 0.810. The molecule has 0 atom stereocenters. The Balaban J connectivity index is 2.05. The number of pyridine rings is 1. The monoisotopic (exact) mass is 246 g/mol. The lowest BCUT2D eigenvalue weighted by Crippen LogP contribution is -2.16. The first-order chi connectivity index (χ1) is 8.63. The van der Waals surface area contributed by atoms with Crippen LogP contribution in [0.1, 0.15) is 5.82 Å². The molecule has 0 bridgehead atoms. The minimum atomic E-state index is -0.492. The molecule has 3 rings (SSSR count). The van der Waals surface area contributed by atoms with E-state index < -0.39 is 5.95 Å². The minimum Gasteiger partial charge on any atom is -0.470 e. The smallest absolute Gasteiger partial charge is 0.238 e. The Morgan fingerprint density at radius 3 is 2.94 bits per heavy atom. The van der Waals surface area contributed by atoms with E-state index in [0.29, 0.717) is 24.0 Å². The van der Waals surface area contributed by atoms with Crippen molar-refractivity contribution in [3.05, 3.63) is 36.2 Å². The predicted octanol–water partition coefficient (Wildman–Crippen LogP) is 2.24. The summed E-state index contributed by atoms with van der Waals surface area (Å²) in [5, 5.41) is 3.05. The van der Waals surface area contributed by atoms with Crippen molar-refractivity contribution in [1.29, 1.82) is 0 Å². The lowest BCUT2D eigenvalue weighted by atomic mass is 10.2. The number of hydrogen-bond donors (Lipinski definition) is 2. The van der Waals surface area contributed by atoms with Crippen LogP contribution in [0, 0.1) is 12.9 Å². The zero-order chi connectivity index (χ0) is 12.7. The van der Waals surface area contributed by atoms with Crippen LogP contribution in [0.4, 0.5) is 10.1 Å². The van der Waals surface area contributed by atoms with Gasteiger partial charge in [0.2, 0.25) is 11.8 Å². The third-order valence-electron chi connectivity index (χ3n) is 2.58. The second kappa shape index (κ2) is 3.83. The van der Waals surface area contributed by atoms with Gasteiger partial charge in [0.1, 0.15) is 23.8 Å². The van der Waals surface area contributed by atoms with E-state index in [1.54, 1.807) is 19.1 Å². The molecule has 0 unspecified atom stereocenters. The van der Waals surface area contributed by atoms with Gasteiger partial charge in [0.15, 0.2) is 0 Å². The molecule has 0 radical (unpaired) electrons. The molecule has 5 nitrogen and oxygen atoms in total. The van der Waals surface area contributed by atoms with Gasteiger partial charge in [0.25, 0.3) is 0 Å². The summed E-state index contributed by atoms with van der Waals surface area (Å²) in [7, 11) is 0. The molecule has 2 N–H and O–H groups in total. The molecule has 3 heterocycles. The van der Waals surface area contributed by atoms with Crippen LogP contribution in [-0.4, -0.2) is 21.6 Å².